The van der Waals surface area contributed by atoms with Crippen LogP contribution in [0.4, 0.5) is 0 Å². The lowest BCUT2D eigenvalue weighted by atomic mass is 10.1. The van der Waals surface area contributed by atoms with Crippen molar-refractivity contribution in [2.75, 3.05) is 0 Å². The summed E-state index contributed by atoms with van der Waals surface area (Å²) in [6.45, 7) is 3.74. The Morgan fingerprint density at radius 1 is 1.03 bits per heavy atom. The molecule has 29 heavy (non-hydrogen) atoms. The number of carbonyl (C=O) groups excluding carboxylic acids is 1. The van der Waals surface area contributed by atoms with Gasteiger partial charge in [0.15, 0.2) is 5.75 Å². The minimum atomic E-state index is -0.636. The van der Waals surface area contributed by atoms with Crippen LogP contribution in [0.25, 0.3) is 20.7 Å². The lowest BCUT2D eigenvalue weighted by Gasteiger charge is -2.12. The molecule has 0 saturated heterocycles. The van der Waals surface area contributed by atoms with Gasteiger partial charge in [-0.25, -0.2) is 4.98 Å². The molecule has 0 unspecified atom stereocenters. The highest BCUT2D eigenvalue weighted by molar-refractivity contribution is 7.22. The van der Waals surface area contributed by atoms with Crippen LogP contribution in [0.2, 0.25) is 10.0 Å². The Balaban J connectivity index is 1.93. The number of amides is 1. The molecular formula is C21H15Cl2N3O2S. The summed E-state index contributed by atoms with van der Waals surface area (Å²) < 4.78 is 6.05. The topological polar surface area (TPSA) is 78.1 Å². The first kappa shape index (κ1) is 19.6. The molecule has 4 rings (SSSR count). The number of hydrogen-bond donors (Lipinski definition) is 1. The fraction of sp³-hybridized carbons (Fsp3) is 0.0952. The summed E-state index contributed by atoms with van der Waals surface area (Å²) in [4.78, 5) is 22.6. The summed E-state index contributed by atoms with van der Waals surface area (Å²) in [7, 11) is 0. The van der Waals surface area contributed by atoms with Gasteiger partial charge in [-0.3, -0.25) is 4.79 Å². The quantitative estimate of drug-likeness (QED) is 0.408. The molecule has 0 spiro atoms. The van der Waals surface area contributed by atoms with Crippen LogP contribution < -0.4 is 10.5 Å². The normalized spacial score (nSPS) is 11.0. The van der Waals surface area contributed by atoms with E-state index in [0.717, 1.165) is 26.2 Å². The number of fused-ring (bicyclic) bond motifs is 1. The fourth-order valence-corrected chi connectivity index (χ4v) is 4.84. The van der Waals surface area contributed by atoms with Crippen LogP contribution in [0.15, 0.2) is 42.5 Å². The van der Waals surface area contributed by atoms with Crippen LogP contribution >= 0.6 is 34.5 Å². The number of nitrogens with two attached hydrogens (primary N) is 1. The number of nitrogens with zero attached hydrogens (tertiary/aromatic N) is 2. The molecule has 0 fully saturated rings. The molecule has 8 heteroatoms. The Kier molecular flexibility index (Phi) is 5.17. The lowest BCUT2D eigenvalue weighted by Crippen LogP contribution is -2.12. The summed E-state index contributed by atoms with van der Waals surface area (Å²) in [5.74, 6) is 0.386. The van der Waals surface area contributed by atoms with Gasteiger partial charge >= 0.3 is 0 Å². The van der Waals surface area contributed by atoms with Crippen molar-refractivity contribution >= 4 is 50.7 Å². The van der Waals surface area contributed by atoms with E-state index in [1.54, 1.807) is 25.1 Å². The summed E-state index contributed by atoms with van der Waals surface area (Å²) in [6.07, 6.45) is 0. The lowest BCUT2D eigenvalue weighted by molar-refractivity contribution is 0.0998. The largest absolute Gasteiger partial charge is 0.436 e. The molecule has 2 N–H and O–H groups in total. The van der Waals surface area contributed by atoms with Crippen molar-refractivity contribution in [1.29, 1.82) is 0 Å². The van der Waals surface area contributed by atoms with E-state index in [4.69, 9.17) is 33.7 Å². The van der Waals surface area contributed by atoms with Crippen molar-refractivity contribution in [1.82, 2.24) is 9.97 Å². The van der Waals surface area contributed by atoms with Crippen molar-refractivity contribution in [3.8, 4) is 22.1 Å². The van der Waals surface area contributed by atoms with E-state index in [2.05, 4.69) is 9.97 Å². The fourth-order valence-electron chi connectivity index (χ4n) is 3.08. The average Bonchev–Trinajstić information content (AvgIpc) is 2.99. The van der Waals surface area contributed by atoms with E-state index < -0.39 is 5.91 Å². The summed E-state index contributed by atoms with van der Waals surface area (Å²) in [5, 5.41) is 1.66. The molecule has 0 saturated carbocycles. The molecule has 0 aliphatic rings. The van der Waals surface area contributed by atoms with Crippen LogP contribution in [-0.4, -0.2) is 15.9 Å². The summed E-state index contributed by atoms with van der Waals surface area (Å²) in [5.41, 5.74) is 7.51. The first-order valence-electron chi connectivity index (χ1n) is 8.65. The zero-order valence-corrected chi connectivity index (χ0v) is 17.8. The van der Waals surface area contributed by atoms with Crippen molar-refractivity contribution in [3.63, 3.8) is 0 Å². The third-order valence-corrected chi connectivity index (χ3v) is 6.26. The van der Waals surface area contributed by atoms with E-state index in [0.29, 0.717) is 16.7 Å². The predicted octanol–water partition coefficient (Wildman–Crippen LogP) is 6.17. The number of primary amides is 1. The van der Waals surface area contributed by atoms with Crippen LogP contribution in [0, 0.1) is 13.8 Å². The molecule has 0 bridgehead atoms. The van der Waals surface area contributed by atoms with Gasteiger partial charge in [0.25, 0.3) is 5.91 Å². The number of para-hydroxylation sites is 1. The highest BCUT2D eigenvalue weighted by Gasteiger charge is 2.22. The second-order valence-electron chi connectivity index (χ2n) is 6.37. The number of aromatic nitrogens is 2. The maximum atomic E-state index is 11.8. The molecular weight excluding hydrogens is 429 g/mol. The van der Waals surface area contributed by atoms with Crippen molar-refractivity contribution in [2.45, 2.75) is 13.8 Å². The van der Waals surface area contributed by atoms with E-state index in [9.17, 15) is 4.79 Å². The molecule has 5 nitrogen and oxygen atoms in total. The molecule has 2 aromatic carbocycles. The first-order chi connectivity index (χ1) is 13.9. The monoisotopic (exact) mass is 443 g/mol. The Labute approximate surface area is 181 Å². The molecule has 0 radical (unpaired) electrons. The Hall–Kier alpha value is -2.67. The molecule has 2 heterocycles. The van der Waals surface area contributed by atoms with E-state index in [1.165, 1.54) is 11.3 Å². The Bertz CT molecular complexity index is 1270. The number of benzene rings is 2. The Morgan fingerprint density at radius 2 is 1.76 bits per heavy atom. The maximum absolute atomic E-state index is 11.8. The van der Waals surface area contributed by atoms with Crippen LogP contribution in [0.3, 0.4) is 0 Å². The van der Waals surface area contributed by atoms with Crippen LogP contribution in [0.5, 0.6) is 11.6 Å². The zero-order valence-electron chi connectivity index (χ0n) is 15.5. The van der Waals surface area contributed by atoms with E-state index >= 15 is 0 Å². The highest BCUT2D eigenvalue weighted by Crippen LogP contribution is 2.44. The number of aryl methyl sites for hydroxylation is 2. The van der Waals surface area contributed by atoms with Gasteiger partial charge in [-0.05, 0) is 37.6 Å². The molecule has 1 amide bonds. The molecule has 2 aromatic heterocycles. The summed E-state index contributed by atoms with van der Waals surface area (Å²) in [6, 6.07) is 12.5. The number of rotatable bonds is 4. The predicted molar refractivity (Wildman–Crippen MR) is 117 cm³/mol. The average molecular weight is 444 g/mol. The minimum Gasteiger partial charge on any atom is -0.436 e. The van der Waals surface area contributed by atoms with Crippen LogP contribution in [0.1, 0.15) is 21.7 Å². The third kappa shape index (κ3) is 3.55. The number of hydrogen-bond acceptors (Lipinski definition) is 5. The minimum absolute atomic E-state index is 0.172. The zero-order chi connectivity index (χ0) is 20.7. The maximum Gasteiger partial charge on any atom is 0.252 e. The van der Waals surface area contributed by atoms with Gasteiger partial charge in [-0.15, -0.1) is 11.3 Å². The van der Waals surface area contributed by atoms with Gasteiger partial charge in [0.2, 0.25) is 5.88 Å². The van der Waals surface area contributed by atoms with E-state index in [1.807, 2.05) is 31.2 Å². The number of ether oxygens (including phenoxy) is 1. The SMILES string of the molecule is Cc1nc(Oc2c(Cl)cccc2C(N)=O)c2c(C)c(-c3ccccc3Cl)sc2n1. The van der Waals surface area contributed by atoms with Gasteiger partial charge in [0.1, 0.15) is 10.7 Å². The van der Waals surface area contributed by atoms with Crippen LogP contribution in [-0.2, 0) is 0 Å². The molecule has 146 valence electrons. The molecule has 0 atom stereocenters. The second kappa shape index (κ2) is 7.63. The first-order valence-corrected chi connectivity index (χ1v) is 10.2. The standard InChI is InChI=1S/C21H15Cl2N3O2S/c1-10-16-20(28-17-13(19(24)27)7-5-9-15(17)23)25-11(2)26-21(16)29-18(10)12-6-3-4-8-14(12)22/h3-9H,1-2H3,(H2,24,27). The van der Waals surface area contributed by atoms with Gasteiger partial charge < -0.3 is 10.5 Å². The van der Waals surface area contributed by atoms with Crippen molar-refractivity contribution in [2.24, 2.45) is 5.73 Å². The third-order valence-electron chi connectivity index (χ3n) is 4.42. The molecule has 0 aliphatic carbocycles. The van der Waals surface area contributed by atoms with Crippen molar-refractivity contribution < 1.29 is 9.53 Å². The number of carbonyl (C=O) groups is 1. The highest BCUT2D eigenvalue weighted by atomic mass is 35.5. The van der Waals surface area contributed by atoms with Gasteiger partial charge in [0, 0.05) is 15.5 Å². The molecule has 0 aliphatic heterocycles. The molecule has 4 aromatic rings. The van der Waals surface area contributed by atoms with Gasteiger partial charge in [0.05, 0.1) is 16.0 Å². The number of thiophene rings is 1. The van der Waals surface area contributed by atoms with Crippen molar-refractivity contribution in [3.05, 3.63) is 69.5 Å². The van der Waals surface area contributed by atoms with Gasteiger partial charge in [-0.1, -0.05) is 47.5 Å². The smallest absolute Gasteiger partial charge is 0.252 e. The summed E-state index contributed by atoms with van der Waals surface area (Å²) >= 11 is 14.2. The second-order valence-corrected chi connectivity index (χ2v) is 8.19. The van der Waals surface area contributed by atoms with E-state index in [-0.39, 0.29) is 16.3 Å². The number of halogens is 2. The Morgan fingerprint density at radius 3 is 2.48 bits per heavy atom. The van der Waals surface area contributed by atoms with Gasteiger partial charge in [-0.2, -0.15) is 4.98 Å².